The van der Waals surface area contributed by atoms with Gasteiger partial charge in [-0.05, 0) is 32.3 Å². The highest BCUT2D eigenvalue weighted by molar-refractivity contribution is 5.94. The van der Waals surface area contributed by atoms with Gasteiger partial charge in [0.15, 0.2) is 0 Å². The topological polar surface area (TPSA) is 77.7 Å². The van der Waals surface area contributed by atoms with Crippen LogP contribution in [-0.2, 0) is 4.74 Å². The van der Waals surface area contributed by atoms with Crippen molar-refractivity contribution in [1.82, 2.24) is 15.0 Å². The molecule has 7 nitrogen and oxygen atoms in total. The van der Waals surface area contributed by atoms with Gasteiger partial charge in [0.05, 0.1) is 18.9 Å². The molecule has 0 bridgehead atoms. The number of nitrogens with zero attached hydrogens (tertiary/aromatic N) is 3. The molecule has 4 heterocycles. The fourth-order valence-corrected chi connectivity index (χ4v) is 4.00. The van der Waals surface area contributed by atoms with Gasteiger partial charge in [0.2, 0.25) is 5.88 Å². The molecule has 0 N–H and O–H groups in total. The second kappa shape index (κ2) is 7.07. The van der Waals surface area contributed by atoms with Crippen LogP contribution in [0.5, 0.6) is 5.88 Å². The third-order valence-electron chi connectivity index (χ3n) is 5.40. The van der Waals surface area contributed by atoms with Crippen molar-refractivity contribution in [1.29, 1.82) is 0 Å². The summed E-state index contributed by atoms with van der Waals surface area (Å²) in [5.41, 5.74) is 0.315. The number of fused-ring (bicyclic) bond motifs is 1. The third-order valence-corrected chi connectivity index (χ3v) is 5.40. The van der Waals surface area contributed by atoms with Crippen molar-refractivity contribution in [3.8, 4) is 5.88 Å². The van der Waals surface area contributed by atoms with Gasteiger partial charge in [-0.2, -0.15) is 0 Å². The molecule has 1 amide bonds. The number of carbonyl (C=O) groups is 1. The standard InChI is InChI=1S/C19H23N3O4/c1-14-15(11-21-26-14)18(23)22-9-6-16-19(12-22,7-4-10-24-16)13-25-17-5-2-3-8-20-17/h2-3,5,8,11,16H,4,6-7,9-10,12-13H2,1H3/t16-,19-/m1/s1. The molecule has 2 fully saturated rings. The lowest BCUT2D eigenvalue weighted by molar-refractivity contribution is -0.133. The molecular weight excluding hydrogens is 334 g/mol. The van der Waals surface area contributed by atoms with E-state index in [9.17, 15) is 4.79 Å². The van der Waals surface area contributed by atoms with E-state index in [1.165, 1.54) is 6.20 Å². The molecule has 26 heavy (non-hydrogen) atoms. The zero-order chi connectivity index (χ0) is 18.0. The van der Waals surface area contributed by atoms with E-state index in [0.717, 1.165) is 25.9 Å². The molecule has 2 aliphatic rings. The first-order chi connectivity index (χ1) is 12.7. The predicted molar refractivity (Wildman–Crippen MR) is 92.9 cm³/mol. The maximum absolute atomic E-state index is 12.9. The number of hydrogen-bond acceptors (Lipinski definition) is 6. The van der Waals surface area contributed by atoms with Gasteiger partial charge in [0.1, 0.15) is 11.3 Å². The number of aromatic nitrogens is 2. The van der Waals surface area contributed by atoms with Crippen molar-refractivity contribution in [3.05, 3.63) is 41.9 Å². The van der Waals surface area contributed by atoms with Crippen LogP contribution in [0.4, 0.5) is 0 Å². The van der Waals surface area contributed by atoms with Crippen molar-refractivity contribution in [3.63, 3.8) is 0 Å². The van der Waals surface area contributed by atoms with Crippen molar-refractivity contribution < 1.29 is 18.8 Å². The Hall–Kier alpha value is -2.41. The molecule has 2 saturated heterocycles. The smallest absolute Gasteiger partial charge is 0.259 e. The minimum absolute atomic E-state index is 0.0371. The van der Waals surface area contributed by atoms with E-state index in [0.29, 0.717) is 36.9 Å². The van der Waals surface area contributed by atoms with Gasteiger partial charge in [-0.3, -0.25) is 4.79 Å². The molecule has 2 aromatic heterocycles. The zero-order valence-corrected chi connectivity index (χ0v) is 14.9. The molecule has 2 aliphatic heterocycles. The molecule has 0 aliphatic carbocycles. The second-order valence-electron chi connectivity index (χ2n) is 7.09. The van der Waals surface area contributed by atoms with Gasteiger partial charge in [-0.1, -0.05) is 11.2 Å². The molecule has 2 aromatic rings. The fourth-order valence-electron chi connectivity index (χ4n) is 4.00. The zero-order valence-electron chi connectivity index (χ0n) is 14.9. The molecule has 0 spiro atoms. The van der Waals surface area contributed by atoms with Crippen molar-refractivity contribution >= 4 is 5.91 Å². The second-order valence-corrected chi connectivity index (χ2v) is 7.09. The maximum Gasteiger partial charge on any atom is 0.259 e. The molecule has 138 valence electrons. The number of carbonyl (C=O) groups excluding carboxylic acids is 1. The average Bonchev–Trinajstić information content (AvgIpc) is 3.12. The van der Waals surface area contributed by atoms with Crippen LogP contribution >= 0.6 is 0 Å². The third kappa shape index (κ3) is 3.19. The Morgan fingerprint density at radius 3 is 3.15 bits per heavy atom. The van der Waals surface area contributed by atoms with Gasteiger partial charge < -0.3 is 18.9 Å². The highest BCUT2D eigenvalue weighted by Crippen LogP contribution is 2.41. The molecule has 0 aromatic carbocycles. The molecule has 0 radical (unpaired) electrons. The Morgan fingerprint density at radius 1 is 1.46 bits per heavy atom. The SMILES string of the molecule is Cc1oncc1C(=O)N1CC[C@H]2OCCC[C@]2(COc2ccccn2)C1. The van der Waals surface area contributed by atoms with E-state index in [1.807, 2.05) is 23.1 Å². The lowest BCUT2D eigenvalue weighted by Gasteiger charge is -2.50. The van der Waals surface area contributed by atoms with E-state index in [-0.39, 0.29) is 17.4 Å². The summed E-state index contributed by atoms with van der Waals surface area (Å²) in [7, 11) is 0. The molecule has 0 saturated carbocycles. The summed E-state index contributed by atoms with van der Waals surface area (Å²) < 4.78 is 17.1. The summed E-state index contributed by atoms with van der Waals surface area (Å²) in [5.74, 6) is 1.12. The van der Waals surface area contributed by atoms with E-state index in [1.54, 1.807) is 13.1 Å². The van der Waals surface area contributed by atoms with Gasteiger partial charge in [-0.25, -0.2) is 4.98 Å². The van der Waals surface area contributed by atoms with Gasteiger partial charge in [0, 0.05) is 37.4 Å². The number of piperidine rings is 1. The minimum Gasteiger partial charge on any atom is -0.477 e. The van der Waals surface area contributed by atoms with Crippen LogP contribution in [0.1, 0.15) is 35.4 Å². The lowest BCUT2D eigenvalue weighted by atomic mass is 9.73. The predicted octanol–water partition coefficient (Wildman–Crippen LogP) is 2.47. The van der Waals surface area contributed by atoms with Crippen LogP contribution in [0.25, 0.3) is 0 Å². The summed E-state index contributed by atoms with van der Waals surface area (Å²) in [4.78, 5) is 19.0. The Morgan fingerprint density at radius 2 is 2.38 bits per heavy atom. The number of pyridine rings is 1. The van der Waals surface area contributed by atoms with E-state index >= 15 is 0 Å². The fraction of sp³-hybridized carbons (Fsp3) is 0.526. The van der Waals surface area contributed by atoms with Crippen molar-refractivity contribution in [2.45, 2.75) is 32.3 Å². The Labute approximate surface area is 152 Å². The summed E-state index contributed by atoms with van der Waals surface area (Å²) in [6.45, 7) is 4.29. The van der Waals surface area contributed by atoms with Crippen LogP contribution in [0, 0.1) is 12.3 Å². The highest BCUT2D eigenvalue weighted by Gasteiger charge is 2.48. The number of amides is 1. The normalized spacial score (nSPS) is 25.6. The van der Waals surface area contributed by atoms with Crippen LogP contribution in [-0.4, -0.2) is 53.4 Å². The van der Waals surface area contributed by atoms with Crippen LogP contribution in [0.15, 0.2) is 35.1 Å². The van der Waals surface area contributed by atoms with E-state index < -0.39 is 0 Å². The van der Waals surface area contributed by atoms with Crippen molar-refractivity contribution in [2.75, 3.05) is 26.3 Å². The molecule has 7 heteroatoms. The molecular formula is C19H23N3O4. The summed E-state index contributed by atoms with van der Waals surface area (Å²) in [5, 5.41) is 3.73. The van der Waals surface area contributed by atoms with Crippen LogP contribution in [0.3, 0.4) is 0 Å². The largest absolute Gasteiger partial charge is 0.477 e. The van der Waals surface area contributed by atoms with Crippen molar-refractivity contribution in [2.24, 2.45) is 5.41 Å². The van der Waals surface area contributed by atoms with Crippen LogP contribution < -0.4 is 4.74 Å². The Bertz CT molecular complexity index is 763. The maximum atomic E-state index is 12.9. The molecule has 4 rings (SSSR count). The number of rotatable bonds is 4. The molecule has 2 atom stereocenters. The van der Waals surface area contributed by atoms with E-state index in [2.05, 4.69) is 10.1 Å². The lowest BCUT2D eigenvalue weighted by Crippen LogP contribution is -2.58. The quantitative estimate of drug-likeness (QED) is 0.836. The highest BCUT2D eigenvalue weighted by atomic mass is 16.5. The van der Waals surface area contributed by atoms with Gasteiger partial charge >= 0.3 is 0 Å². The van der Waals surface area contributed by atoms with Gasteiger partial charge in [-0.15, -0.1) is 0 Å². The van der Waals surface area contributed by atoms with Crippen LogP contribution in [0.2, 0.25) is 0 Å². The minimum atomic E-state index is -0.214. The number of likely N-dealkylation sites (tertiary alicyclic amines) is 1. The summed E-state index contributed by atoms with van der Waals surface area (Å²) >= 11 is 0. The Balaban J connectivity index is 1.53. The summed E-state index contributed by atoms with van der Waals surface area (Å²) in [6, 6.07) is 5.61. The number of aryl methyl sites for hydroxylation is 1. The monoisotopic (exact) mass is 357 g/mol. The average molecular weight is 357 g/mol. The number of hydrogen-bond donors (Lipinski definition) is 0. The first-order valence-corrected chi connectivity index (χ1v) is 9.04. The first kappa shape index (κ1) is 17.0. The summed E-state index contributed by atoms with van der Waals surface area (Å²) in [6.07, 6.45) is 6.06. The van der Waals surface area contributed by atoms with E-state index in [4.69, 9.17) is 14.0 Å². The molecule has 0 unspecified atom stereocenters. The Kier molecular flexibility index (Phi) is 4.63. The first-order valence-electron chi connectivity index (χ1n) is 9.04. The number of ether oxygens (including phenoxy) is 2. The van der Waals surface area contributed by atoms with Gasteiger partial charge in [0.25, 0.3) is 5.91 Å².